The first-order valence-corrected chi connectivity index (χ1v) is 4.27. The number of alkyl halides is 4. The molecule has 92 valence electrons. The second kappa shape index (κ2) is 4.86. The van der Waals surface area contributed by atoms with Crippen LogP contribution in [0.15, 0.2) is 6.20 Å². The summed E-state index contributed by atoms with van der Waals surface area (Å²) < 4.78 is 52.0. The van der Waals surface area contributed by atoms with Crippen molar-refractivity contribution < 1.29 is 27.4 Å². The maximum absolute atomic E-state index is 12.3. The molecular weight excluding hydrogens is 244 g/mol. The fraction of sp³-hybridized carbons (Fsp3) is 0.333. The Balaban J connectivity index is 3.25. The Morgan fingerprint density at radius 1 is 1.47 bits per heavy atom. The predicted octanol–water partition coefficient (Wildman–Crippen LogP) is 2.22. The van der Waals surface area contributed by atoms with E-state index in [-0.39, 0.29) is 5.56 Å². The number of hydrogen-bond acceptors (Lipinski definition) is 4. The van der Waals surface area contributed by atoms with E-state index in [1.54, 1.807) is 6.07 Å². The second-order valence-corrected chi connectivity index (χ2v) is 2.92. The fourth-order valence-corrected chi connectivity index (χ4v) is 1.10. The summed E-state index contributed by atoms with van der Waals surface area (Å²) in [6.07, 6.45) is -4.63. The van der Waals surface area contributed by atoms with Crippen molar-refractivity contribution in [1.82, 2.24) is 4.98 Å². The maximum atomic E-state index is 12.3. The van der Waals surface area contributed by atoms with Gasteiger partial charge in [-0.3, -0.25) is 4.98 Å². The minimum Gasteiger partial charge on any atom is -0.503 e. The van der Waals surface area contributed by atoms with Gasteiger partial charge in [0.2, 0.25) is 0 Å². The highest BCUT2D eigenvalue weighted by Gasteiger charge is 2.34. The Morgan fingerprint density at radius 2 is 2.12 bits per heavy atom. The highest BCUT2D eigenvalue weighted by Crippen LogP contribution is 2.36. The van der Waals surface area contributed by atoms with E-state index >= 15 is 0 Å². The van der Waals surface area contributed by atoms with Crippen LogP contribution in [0, 0.1) is 11.3 Å². The van der Waals surface area contributed by atoms with E-state index in [4.69, 9.17) is 5.26 Å². The van der Waals surface area contributed by atoms with Gasteiger partial charge < -0.3 is 9.84 Å². The Morgan fingerprint density at radius 3 is 2.59 bits per heavy atom. The average Bonchev–Trinajstić information content (AvgIpc) is 2.22. The maximum Gasteiger partial charge on any atom is 0.573 e. The smallest absolute Gasteiger partial charge is 0.503 e. The van der Waals surface area contributed by atoms with E-state index in [1.807, 2.05) is 0 Å². The summed E-state index contributed by atoms with van der Waals surface area (Å²) in [5.74, 6) is -2.03. The van der Waals surface area contributed by atoms with Crippen molar-refractivity contribution >= 4 is 0 Å². The molecule has 0 saturated carbocycles. The van der Waals surface area contributed by atoms with Crippen LogP contribution in [0.4, 0.5) is 17.6 Å². The van der Waals surface area contributed by atoms with Gasteiger partial charge in [-0.15, -0.1) is 13.2 Å². The zero-order valence-corrected chi connectivity index (χ0v) is 8.25. The van der Waals surface area contributed by atoms with Crippen molar-refractivity contribution in [1.29, 1.82) is 5.26 Å². The van der Waals surface area contributed by atoms with E-state index in [2.05, 4.69) is 9.72 Å². The molecule has 0 aliphatic carbocycles. The van der Waals surface area contributed by atoms with Crippen LogP contribution in [0.3, 0.4) is 0 Å². The second-order valence-electron chi connectivity index (χ2n) is 2.92. The lowest BCUT2D eigenvalue weighted by molar-refractivity contribution is -0.275. The third-order valence-electron chi connectivity index (χ3n) is 1.77. The number of nitrogens with zero attached hydrogens (tertiary/aromatic N) is 2. The molecule has 0 spiro atoms. The number of aromatic nitrogens is 1. The first-order valence-electron chi connectivity index (χ1n) is 4.27. The summed E-state index contributed by atoms with van der Waals surface area (Å²) in [7, 11) is 0. The van der Waals surface area contributed by atoms with E-state index in [9.17, 15) is 22.7 Å². The largest absolute Gasteiger partial charge is 0.573 e. The molecule has 0 fully saturated rings. The molecule has 0 saturated heterocycles. The summed E-state index contributed by atoms with van der Waals surface area (Å²) in [4.78, 5) is 3.38. The zero-order chi connectivity index (χ0) is 13.1. The third-order valence-corrected chi connectivity index (χ3v) is 1.77. The molecular formula is C9H6F4N2O2. The first-order chi connectivity index (χ1) is 7.89. The monoisotopic (exact) mass is 250 g/mol. The molecule has 1 rings (SSSR count). The summed E-state index contributed by atoms with van der Waals surface area (Å²) in [5.41, 5.74) is -0.842. The third kappa shape index (κ3) is 3.21. The SMILES string of the molecule is N#CCc1cnc(CF)c(O)c1OC(F)(F)F. The molecule has 0 aliphatic heterocycles. The first kappa shape index (κ1) is 13.0. The van der Waals surface area contributed by atoms with E-state index in [0.717, 1.165) is 6.20 Å². The number of nitriles is 1. The van der Waals surface area contributed by atoms with Gasteiger partial charge in [0.25, 0.3) is 0 Å². The molecule has 0 bridgehead atoms. The molecule has 0 radical (unpaired) electrons. The van der Waals surface area contributed by atoms with Gasteiger partial charge in [-0.25, -0.2) is 4.39 Å². The van der Waals surface area contributed by atoms with Crippen LogP contribution in [0.2, 0.25) is 0 Å². The van der Waals surface area contributed by atoms with E-state index in [1.165, 1.54) is 0 Å². The van der Waals surface area contributed by atoms with Crippen molar-refractivity contribution in [3.8, 4) is 17.6 Å². The molecule has 8 heteroatoms. The molecule has 0 aromatic carbocycles. The standard InChI is InChI=1S/C9H6F4N2O2/c10-3-6-7(16)8(17-9(11,12)13)5(1-2-14)4-15-6/h4,16H,1,3H2. The molecule has 4 nitrogen and oxygen atoms in total. The van der Waals surface area contributed by atoms with Gasteiger partial charge >= 0.3 is 6.36 Å². The minimum atomic E-state index is -5.05. The van der Waals surface area contributed by atoms with Gasteiger partial charge in [-0.1, -0.05) is 0 Å². The highest BCUT2D eigenvalue weighted by molar-refractivity contribution is 5.48. The van der Waals surface area contributed by atoms with Gasteiger partial charge in [0.1, 0.15) is 12.4 Å². The van der Waals surface area contributed by atoms with E-state index in [0.29, 0.717) is 0 Å². The van der Waals surface area contributed by atoms with Crippen molar-refractivity contribution in [3.63, 3.8) is 0 Å². The summed E-state index contributed by atoms with van der Waals surface area (Å²) in [6.45, 7) is -1.24. The zero-order valence-electron chi connectivity index (χ0n) is 8.25. The van der Waals surface area contributed by atoms with Crippen LogP contribution in [0.1, 0.15) is 11.3 Å². The molecule has 0 unspecified atom stereocenters. The lowest BCUT2D eigenvalue weighted by atomic mass is 10.1. The molecule has 0 atom stereocenters. The number of pyridine rings is 1. The number of aromatic hydroxyl groups is 1. The van der Waals surface area contributed by atoms with Crippen molar-refractivity contribution in [2.75, 3.05) is 0 Å². The van der Waals surface area contributed by atoms with Crippen molar-refractivity contribution in [2.24, 2.45) is 0 Å². The molecule has 17 heavy (non-hydrogen) atoms. The summed E-state index contributed by atoms with van der Waals surface area (Å²) in [6, 6.07) is 1.58. The molecule has 0 amide bonds. The quantitative estimate of drug-likeness (QED) is 0.835. The Kier molecular flexibility index (Phi) is 3.73. The topological polar surface area (TPSA) is 66.1 Å². The van der Waals surface area contributed by atoms with Crippen LogP contribution in [-0.2, 0) is 13.1 Å². The minimum absolute atomic E-state index is 0.264. The van der Waals surface area contributed by atoms with Crippen molar-refractivity contribution in [3.05, 3.63) is 17.5 Å². The highest BCUT2D eigenvalue weighted by atomic mass is 19.4. The molecule has 1 heterocycles. The van der Waals surface area contributed by atoms with Gasteiger partial charge in [0, 0.05) is 11.8 Å². The van der Waals surface area contributed by atoms with Crippen molar-refractivity contribution in [2.45, 2.75) is 19.5 Å². The Bertz CT molecular complexity index is 454. The van der Waals surface area contributed by atoms with Crippen LogP contribution in [-0.4, -0.2) is 16.5 Å². The van der Waals surface area contributed by atoms with Crippen LogP contribution < -0.4 is 4.74 Å². The lowest BCUT2D eigenvalue weighted by Crippen LogP contribution is -2.18. The van der Waals surface area contributed by atoms with E-state index < -0.39 is 36.7 Å². The van der Waals surface area contributed by atoms with Crippen LogP contribution in [0.5, 0.6) is 11.5 Å². The van der Waals surface area contributed by atoms with Gasteiger partial charge in [0.15, 0.2) is 11.5 Å². The Labute approximate surface area is 93.1 Å². The Hall–Kier alpha value is -2.04. The van der Waals surface area contributed by atoms with Gasteiger partial charge in [0.05, 0.1) is 12.5 Å². The lowest BCUT2D eigenvalue weighted by Gasteiger charge is -2.14. The number of hydrogen-bond donors (Lipinski definition) is 1. The predicted molar refractivity (Wildman–Crippen MR) is 46.7 cm³/mol. The van der Waals surface area contributed by atoms with Gasteiger partial charge in [-0.05, 0) is 0 Å². The molecule has 1 N–H and O–H groups in total. The normalized spacial score (nSPS) is 11.0. The average molecular weight is 250 g/mol. The number of halogens is 4. The fourth-order valence-electron chi connectivity index (χ4n) is 1.10. The molecule has 0 aliphatic rings. The summed E-state index contributed by atoms with van der Waals surface area (Å²) >= 11 is 0. The number of rotatable bonds is 3. The summed E-state index contributed by atoms with van der Waals surface area (Å²) in [5, 5.41) is 17.7. The van der Waals surface area contributed by atoms with Gasteiger partial charge in [-0.2, -0.15) is 5.26 Å². The number of ether oxygens (including phenoxy) is 1. The molecule has 1 aromatic heterocycles. The molecule has 1 aromatic rings. The van der Waals surface area contributed by atoms with Crippen LogP contribution >= 0.6 is 0 Å². The van der Waals surface area contributed by atoms with Crippen LogP contribution in [0.25, 0.3) is 0 Å².